The zero-order valence-corrected chi connectivity index (χ0v) is 13.4. The van der Waals surface area contributed by atoms with E-state index >= 15 is 0 Å². The molecular formula is C15H26ClN3O. The van der Waals surface area contributed by atoms with Crippen molar-refractivity contribution in [3.8, 4) is 0 Å². The Bertz CT molecular complexity index is 385. The van der Waals surface area contributed by atoms with Crippen LogP contribution in [0.2, 0.25) is 0 Å². The minimum atomic E-state index is -0.404. The summed E-state index contributed by atoms with van der Waals surface area (Å²) in [6.45, 7) is 5.14. The fourth-order valence-corrected chi connectivity index (χ4v) is 2.26. The van der Waals surface area contributed by atoms with Crippen molar-refractivity contribution < 1.29 is 4.79 Å². The summed E-state index contributed by atoms with van der Waals surface area (Å²) in [5.74, 6) is 0.149. The van der Waals surface area contributed by atoms with Gasteiger partial charge in [0.05, 0.1) is 5.41 Å². The van der Waals surface area contributed by atoms with Gasteiger partial charge in [0, 0.05) is 38.4 Å². The zero-order valence-electron chi connectivity index (χ0n) is 12.6. The monoisotopic (exact) mass is 299 g/mol. The van der Waals surface area contributed by atoms with Crippen LogP contribution in [0.15, 0.2) is 24.4 Å². The number of amides is 1. The highest BCUT2D eigenvalue weighted by atomic mass is 35.5. The molecule has 0 saturated heterocycles. The Balaban J connectivity index is 0.00000361. The first kappa shape index (κ1) is 18.9. The molecular weight excluding hydrogens is 274 g/mol. The molecule has 1 amide bonds. The maximum atomic E-state index is 12.5. The number of carbonyl (C=O) groups is 1. The van der Waals surface area contributed by atoms with E-state index in [2.05, 4.69) is 4.98 Å². The Morgan fingerprint density at radius 3 is 2.45 bits per heavy atom. The number of carbonyl (C=O) groups excluding carboxylic acids is 1. The van der Waals surface area contributed by atoms with Gasteiger partial charge in [-0.3, -0.25) is 9.78 Å². The smallest absolute Gasteiger partial charge is 0.229 e. The standard InChI is InChI=1S/C15H25N3O.ClH/c1-4-15(5-2,12-16)14(19)18(3)11-9-13-8-6-7-10-17-13;/h6-8,10H,4-5,9,11-12,16H2,1-3H3;1H. The normalized spacial score (nSPS) is 10.8. The van der Waals surface area contributed by atoms with E-state index in [0.29, 0.717) is 13.1 Å². The van der Waals surface area contributed by atoms with Crippen LogP contribution in [0.25, 0.3) is 0 Å². The largest absolute Gasteiger partial charge is 0.345 e. The highest BCUT2D eigenvalue weighted by Gasteiger charge is 2.35. The quantitative estimate of drug-likeness (QED) is 0.840. The number of halogens is 1. The van der Waals surface area contributed by atoms with Gasteiger partial charge in [-0.15, -0.1) is 12.4 Å². The summed E-state index contributed by atoms with van der Waals surface area (Å²) in [6.07, 6.45) is 4.12. The van der Waals surface area contributed by atoms with Crippen molar-refractivity contribution in [1.82, 2.24) is 9.88 Å². The highest BCUT2D eigenvalue weighted by Crippen LogP contribution is 2.27. The van der Waals surface area contributed by atoms with Crippen molar-refractivity contribution in [2.24, 2.45) is 11.1 Å². The average Bonchev–Trinajstić information content (AvgIpc) is 2.48. The molecule has 114 valence electrons. The van der Waals surface area contributed by atoms with Gasteiger partial charge < -0.3 is 10.6 Å². The van der Waals surface area contributed by atoms with Gasteiger partial charge in [-0.25, -0.2) is 0 Å². The van der Waals surface area contributed by atoms with Gasteiger partial charge in [0.2, 0.25) is 5.91 Å². The number of aromatic nitrogens is 1. The summed E-state index contributed by atoms with van der Waals surface area (Å²) in [4.78, 5) is 18.6. The van der Waals surface area contributed by atoms with Crippen LogP contribution in [-0.2, 0) is 11.2 Å². The molecule has 0 atom stereocenters. The molecule has 1 aromatic rings. The lowest BCUT2D eigenvalue weighted by atomic mass is 9.81. The molecule has 2 N–H and O–H groups in total. The third-order valence-electron chi connectivity index (χ3n) is 3.97. The molecule has 0 spiro atoms. The first-order valence-electron chi connectivity index (χ1n) is 6.95. The fraction of sp³-hybridized carbons (Fsp3) is 0.600. The number of hydrogen-bond acceptors (Lipinski definition) is 3. The van der Waals surface area contributed by atoms with E-state index < -0.39 is 5.41 Å². The Morgan fingerprint density at radius 2 is 2.00 bits per heavy atom. The van der Waals surface area contributed by atoms with E-state index in [1.807, 2.05) is 39.1 Å². The lowest BCUT2D eigenvalue weighted by Gasteiger charge is -2.33. The second kappa shape index (κ2) is 8.93. The molecule has 4 nitrogen and oxygen atoms in total. The molecule has 0 aliphatic rings. The number of nitrogens with zero attached hydrogens (tertiary/aromatic N) is 2. The van der Waals surface area contributed by atoms with Crippen molar-refractivity contribution in [3.63, 3.8) is 0 Å². The van der Waals surface area contributed by atoms with Gasteiger partial charge in [-0.05, 0) is 25.0 Å². The lowest BCUT2D eigenvalue weighted by Crippen LogP contribution is -2.46. The van der Waals surface area contributed by atoms with E-state index in [-0.39, 0.29) is 18.3 Å². The molecule has 1 aromatic heterocycles. The van der Waals surface area contributed by atoms with Gasteiger partial charge in [-0.2, -0.15) is 0 Å². The van der Waals surface area contributed by atoms with Crippen molar-refractivity contribution in [2.75, 3.05) is 20.1 Å². The third-order valence-corrected chi connectivity index (χ3v) is 3.97. The molecule has 1 heterocycles. The van der Waals surface area contributed by atoms with E-state index in [0.717, 1.165) is 25.0 Å². The Hall–Kier alpha value is -1.13. The average molecular weight is 300 g/mol. The van der Waals surface area contributed by atoms with Crippen LogP contribution in [0.1, 0.15) is 32.4 Å². The summed E-state index contributed by atoms with van der Waals surface area (Å²) in [5, 5.41) is 0. The summed E-state index contributed by atoms with van der Waals surface area (Å²) >= 11 is 0. The van der Waals surface area contributed by atoms with Crippen molar-refractivity contribution >= 4 is 18.3 Å². The van der Waals surface area contributed by atoms with Gasteiger partial charge in [0.15, 0.2) is 0 Å². The molecule has 20 heavy (non-hydrogen) atoms. The van der Waals surface area contributed by atoms with E-state index in [4.69, 9.17) is 5.73 Å². The van der Waals surface area contributed by atoms with Crippen molar-refractivity contribution in [1.29, 1.82) is 0 Å². The van der Waals surface area contributed by atoms with Gasteiger partial charge in [0.1, 0.15) is 0 Å². The van der Waals surface area contributed by atoms with Crippen LogP contribution in [0, 0.1) is 5.41 Å². The molecule has 0 radical (unpaired) electrons. The van der Waals surface area contributed by atoms with E-state index in [9.17, 15) is 4.79 Å². The molecule has 0 aliphatic carbocycles. The number of rotatable bonds is 7. The predicted octanol–water partition coefficient (Wildman–Crippen LogP) is 2.27. The SMILES string of the molecule is CCC(CC)(CN)C(=O)N(C)CCc1ccccn1.Cl. The minimum Gasteiger partial charge on any atom is -0.345 e. The molecule has 0 bridgehead atoms. The second-order valence-electron chi connectivity index (χ2n) is 4.99. The summed E-state index contributed by atoms with van der Waals surface area (Å²) in [5.41, 5.74) is 6.42. The van der Waals surface area contributed by atoms with Gasteiger partial charge in [-0.1, -0.05) is 19.9 Å². The molecule has 0 aromatic carbocycles. The number of hydrogen-bond donors (Lipinski definition) is 1. The van der Waals surface area contributed by atoms with Gasteiger partial charge >= 0.3 is 0 Å². The second-order valence-corrected chi connectivity index (χ2v) is 4.99. The van der Waals surface area contributed by atoms with Crippen LogP contribution in [-0.4, -0.2) is 35.9 Å². The fourth-order valence-electron chi connectivity index (χ4n) is 2.26. The third kappa shape index (κ3) is 4.46. The maximum absolute atomic E-state index is 12.5. The zero-order chi connectivity index (χ0) is 14.3. The Kier molecular flexibility index (Phi) is 8.42. The van der Waals surface area contributed by atoms with Gasteiger partial charge in [0.25, 0.3) is 0 Å². The van der Waals surface area contributed by atoms with Crippen LogP contribution in [0.5, 0.6) is 0 Å². The number of likely N-dealkylation sites (N-methyl/N-ethyl adjacent to an activating group) is 1. The molecule has 0 saturated carbocycles. The molecule has 0 aliphatic heterocycles. The first-order valence-corrected chi connectivity index (χ1v) is 6.95. The first-order chi connectivity index (χ1) is 9.09. The predicted molar refractivity (Wildman–Crippen MR) is 84.9 cm³/mol. The van der Waals surface area contributed by atoms with E-state index in [1.165, 1.54) is 0 Å². The van der Waals surface area contributed by atoms with Crippen LogP contribution < -0.4 is 5.73 Å². The van der Waals surface area contributed by atoms with Crippen molar-refractivity contribution in [3.05, 3.63) is 30.1 Å². The molecule has 5 heteroatoms. The van der Waals surface area contributed by atoms with Crippen LogP contribution in [0.3, 0.4) is 0 Å². The molecule has 1 rings (SSSR count). The maximum Gasteiger partial charge on any atom is 0.229 e. The molecule has 0 fully saturated rings. The Labute approximate surface area is 128 Å². The number of nitrogens with two attached hydrogens (primary N) is 1. The minimum absolute atomic E-state index is 0. The Morgan fingerprint density at radius 1 is 1.35 bits per heavy atom. The summed E-state index contributed by atoms with van der Waals surface area (Å²) in [6, 6.07) is 5.84. The van der Waals surface area contributed by atoms with Crippen LogP contribution in [0.4, 0.5) is 0 Å². The molecule has 0 unspecified atom stereocenters. The summed E-state index contributed by atoms with van der Waals surface area (Å²) < 4.78 is 0. The summed E-state index contributed by atoms with van der Waals surface area (Å²) in [7, 11) is 1.85. The topological polar surface area (TPSA) is 59.2 Å². The van der Waals surface area contributed by atoms with E-state index in [1.54, 1.807) is 11.1 Å². The highest BCUT2D eigenvalue weighted by molar-refractivity contribution is 5.85. The van der Waals surface area contributed by atoms with Crippen LogP contribution >= 0.6 is 12.4 Å². The number of pyridine rings is 1. The lowest BCUT2D eigenvalue weighted by molar-refractivity contribution is -0.140. The van der Waals surface area contributed by atoms with Crippen molar-refractivity contribution in [2.45, 2.75) is 33.1 Å².